The molecule has 0 aliphatic carbocycles. The van der Waals surface area contributed by atoms with Crippen molar-refractivity contribution in [2.24, 2.45) is 5.73 Å². The lowest BCUT2D eigenvalue weighted by atomic mass is 10.1. The summed E-state index contributed by atoms with van der Waals surface area (Å²) in [5, 5.41) is 3.34. The summed E-state index contributed by atoms with van der Waals surface area (Å²) in [6.07, 6.45) is -0.239. The van der Waals surface area contributed by atoms with Gasteiger partial charge in [0.05, 0.1) is 6.54 Å². The largest absolute Gasteiger partial charge is 0.489 e. The number of halogens is 1. The zero-order valence-electron chi connectivity index (χ0n) is 12.6. The molecule has 0 radical (unpaired) electrons. The summed E-state index contributed by atoms with van der Waals surface area (Å²) >= 11 is 5.89. The van der Waals surface area contributed by atoms with Gasteiger partial charge in [0.2, 0.25) is 5.91 Å². The van der Waals surface area contributed by atoms with Crippen molar-refractivity contribution in [3.8, 4) is 5.75 Å². The highest BCUT2D eigenvalue weighted by Gasteiger charge is 2.11. The maximum absolute atomic E-state index is 12.1. The minimum absolute atomic E-state index is 0.239. The summed E-state index contributed by atoms with van der Waals surface area (Å²) in [5.74, 6) is -0.234. The summed E-state index contributed by atoms with van der Waals surface area (Å²) in [6, 6.07) is 13.3. The van der Waals surface area contributed by atoms with Crippen LogP contribution in [0.3, 0.4) is 0 Å². The van der Waals surface area contributed by atoms with Crippen LogP contribution in [0.2, 0.25) is 5.02 Å². The molecule has 120 valence electrons. The third-order valence-electron chi connectivity index (χ3n) is 3.09. The van der Waals surface area contributed by atoms with E-state index in [0.29, 0.717) is 28.4 Å². The number of benzene rings is 2. The highest BCUT2D eigenvalue weighted by molar-refractivity contribution is 6.30. The zero-order chi connectivity index (χ0) is 16.8. The first kappa shape index (κ1) is 16.8. The Kier molecular flexibility index (Phi) is 5.60. The van der Waals surface area contributed by atoms with Crippen LogP contribution in [0.1, 0.15) is 27.6 Å². The second-order valence-electron chi connectivity index (χ2n) is 5.04. The van der Waals surface area contributed by atoms with E-state index in [2.05, 4.69) is 5.32 Å². The van der Waals surface area contributed by atoms with E-state index >= 15 is 0 Å². The molecule has 0 aliphatic heterocycles. The van der Waals surface area contributed by atoms with Crippen LogP contribution in [0.15, 0.2) is 48.5 Å². The van der Waals surface area contributed by atoms with E-state index in [-0.39, 0.29) is 12.0 Å². The summed E-state index contributed by atoms with van der Waals surface area (Å²) in [7, 11) is 0. The van der Waals surface area contributed by atoms with Crippen LogP contribution in [-0.2, 0) is 0 Å². The molecule has 2 rings (SSSR count). The molecule has 0 fully saturated rings. The van der Waals surface area contributed by atoms with Gasteiger partial charge in [-0.2, -0.15) is 0 Å². The van der Waals surface area contributed by atoms with Crippen molar-refractivity contribution in [1.29, 1.82) is 0 Å². The highest BCUT2D eigenvalue weighted by atomic mass is 35.5. The Hall–Kier alpha value is -2.53. The average Bonchev–Trinajstić information content (AvgIpc) is 2.52. The standard InChI is InChI=1S/C17H17ClN2O3/c1-11(23-15-7-3-6-14(18)9-15)10-20-17(22)13-5-2-4-12(8-13)16(19)21/h2-9,11H,10H2,1H3,(H2,19,21)(H,20,22)/t11-/m0/s1. The molecule has 6 heteroatoms. The fraction of sp³-hybridized carbons (Fsp3) is 0.176. The normalized spacial score (nSPS) is 11.6. The molecule has 2 aromatic rings. The molecule has 0 aromatic heterocycles. The molecule has 0 spiro atoms. The topological polar surface area (TPSA) is 81.4 Å². The van der Waals surface area contributed by atoms with Crippen LogP contribution < -0.4 is 15.8 Å². The number of carbonyl (C=O) groups is 2. The number of nitrogens with one attached hydrogen (secondary N) is 1. The van der Waals surface area contributed by atoms with E-state index in [1.54, 1.807) is 42.5 Å². The molecule has 0 heterocycles. The minimum atomic E-state index is -0.572. The Labute approximate surface area is 139 Å². The van der Waals surface area contributed by atoms with Crippen molar-refractivity contribution in [3.05, 3.63) is 64.7 Å². The predicted octanol–water partition coefficient (Wildman–Crippen LogP) is 2.64. The summed E-state index contributed by atoms with van der Waals surface area (Å²) in [6.45, 7) is 2.15. The van der Waals surface area contributed by atoms with Crippen molar-refractivity contribution >= 4 is 23.4 Å². The van der Waals surface area contributed by atoms with E-state index in [0.717, 1.165) is 0 Å². The van der Waals surface area contributed by atoms with Crippen molar-refractivity contribution < 1.29 is 14.3 Å². The molecule has 0 bridgehead atoms. The highest BCUT2D eigenvalue weighted by Crippen LogP contribution is 2.18. The van der Waals surface area contributed by atoms with Crippen LogP contribution in [-0.4, -0.2) is 24.5 Å². The van der Waals surface area contributed by atoms with E-state index in [1.165, 1.54) is 6.07 Å². The molecule has 0 saturated heterocycles. The van der Waals surface area contributed by atoms with Gasteiger partial charge in [0.15, 0.2) is 0 Å². The molecule has 5 nitrogen and oxygen atoms in total. The van der Waals surface area contributed by atoms with Gasteiger partial charge in [-0.3, -0.25) is 9.59 Å². The first-order valence-electron chi connectivity index (χ1n) is 7.06. The number of primary amides is 1. The molecule has 0 aliphatic rings. The van der Waals surface area contributed by atoms with Crippen molar-refractivity contribution in [2.45, 2.75) is 13.0 Å². The zero-order valence-corrected chi connectivity index (χ0v) is 13.3. The first-order chi connectivity index (χ1) is 11.0. The molecule has 1 atom stereocenters. The number of amides is 2. The Morgan fingerprint density at radius 2 is 1.87 bits per heavy atom. The summed E-state index contributed by atoms with van der Waals surface area (Å²) < 4.78 is 5.67. The Balaban J connectivity index is 1.91. The van der Waals surface area contributed by atoms with E-state index in [1.807, 2.05) is 6.92 Å². The number of nitrogens with two attached hydrogens (primary N) is 1. The smallest absolute Gasteiger partial charge is 0.251 e. The molecular formula is C17H17ClN2O3. The monoisotopic (exact) mass is 332 g/mol. The van der Waals surface area contributed by atoms with Gasteiger partial charge in [-0.05, 0) is 43.3 Å². The maximum Gasteiger partial charge on any atom is 0.251 e. The van der Waals surface area contributed by atoms with E-state index < -0.39 is 5.91 Å². The molecule has 0 saturated carbocycles. The lowest BCUT2D eigenvalue weighted by Crippen LogP contribution is -2.33. The number of carbonyl (C=O) groups excluding carboxylic acids is 2. The third-order valence-corrected chi connectivity index (χ3v) is 3.33. The van der Waals surface area contributed by atoms with Crippen molar-refractivity contribution in [3.63, 3.8) is 0 Å². The SMILES string of the molecule is C[C@@H](CNC(=O)c1cccc(C(N)=O)c1)Oc1cccc(Cl)c1. The van der Waals surface area contributed by atoms with Gasteiger partial charge in [-0.25, -0.2) is 0 Å². The molecule has 23 heavy (non-hydrogen) atoms. The Morgan fingerprint density at radius 1 is 1.17 bits per heavy atom. The average molecular weight is 333 g/mol. The van der Waals surface area contributed by atoms with E-state index in [9.17, 15) is 9.59 Å². The maximum atomic E-state index is 12.1. The van der Waals surface area contributed by atoms with Gasteiger partial charge < -0.3 is 15.8 Å². The van der Waals surface area contributed by atoms with Gasteiger partial charge in [0.25, 0.3) is 5.91 Å². The van der Waals surface area contributed by atoms with Crippen LogP contribution >= 0.6 is 11.6 Å². The quantitative estimate of drug-likeness (QED) is 0.853. The Bertz CT molecular complexity index is 718. The lowest BCUT2D eigenvalue weighted by molar-refractivity contribution is 0.0932. The number of rotatable bonds is 6. The van der Waals surface area contributed by atoms with Crippen LogP contribution in [0, 0.1) is 0 Å². The molecular weight excluding hydrogens is 316 g/mol. The van der Waals surface area contributed by atoms with Gasteiger partial charge >= 0.3 is 0 Å². The minimum Gasteiger partial charge on any atom is -0.489 e. The third kappa shape index (κ3) is 5.00. The van der Waals surface area contributed by atoms with Crippen molar-refractivity contribution in [2.75, 3.05) is 6.54 Å². The van der Waals surface area contributed by atoms with Crippen molar-refractivity contribution in [1.82, 2.24) is 5.32 Å². The fourth-order valence-corrected chi connectivity index (χ4v) is 2.15. The van der Waals surface area contributed by atoms with Gasteiger partial charge in [0.1, 0.15) is 11.9 Å². The first-order valence-corrected chi connectivity index (χ1v) is 7.44. The molecule has 2 amide bonds. The predicted molar refractivity (Wildman–Crippen MR) is 88.8 cm³/mol. The van der Waals surface area contributed by atoms with Crippen LogP contribution in [0.4, 0.5) is 0 Å². The molecule has 3 N–H and O–H groups in total. The van der Waals surface area contributed by atoms with E-state index in [4.69, 9.17) is 22.1 Å². The van der Waals surface area contributed by atoms with Gasteiger partial charge in [-0.1, -0.05) is 23.7 Å². The second-order valence-corrected chi connectivity index (χ2v) is 5.48. The lowest BCUT2D eigenvalue weighted by Gasteiger charge is -2.15. The summed E-state index contributed by atoms with van der Waals surface area (Å²) in [5.41, 5.74) is 5.87. The van der Waals surface area contributed by atoms with Crippen LogP contribution in [0.5, 0.6) is 5.75 Å². The molecule has 0 unspecified atom stereocenters. The number of hydrogen-bond acceptors (Lipinski definition) is 3. The Morgan fingerprint density at radius 3 is 2.57 bits per heavy atom. The number of hydrogen-bond donors (Lipinski definition) is 2. The fourth-order valence-electron chi connectivity index (χ4n) is 1.97. The van der Waals surface area contributed by atoms with Crippen LogP contribution in [0.25, 0.3) is 0 Å². The van der Waals surface area contributed by atoms with Gasteiger partial charge in [0, 0.05) is 16.1 Å². The second kappa shape index (κ2) is 7.65. The summed E-state index contributed by atoms with van der Waals surface area (Å²) in [4.78, 5) is 23.2. The number of ether oxygens (including phenoxy) is 1. The molecule has 2 aromatic carbocycles. The van der Waals surface area contributed by atoms with Gasteiger partial charge in [-0.15, -0.1) is 0 Å².